The summed E-state index contributed by atoms with van der Waals surface area (Å²) in [5, 5.41) is 2.93. The van der Waals surface area contributed by atoms with Crippen molar-refractivity contribution in [2.45, 2.75) is 13.0 Å². The van der Waals surface area contributed by atoms with Crippen LogP contribution in [0, 0.1) is 0 Å². The maximum Gasteiger partial charge on any atom is 0.253 e. The molecule has 0 saturated carbocycles. The molecule has 0 aromatic carbocycles. The molecule has 94 valence electrons. The van der Waals surface area contributed by atoms with Crippen LogP contribution in [0.1, 0.15) is 17.3 Å². The number of carbonyl (C=O) groups is 1. The second-order valence-corrected chi connectivity index (χ2v) is 5.59. The van der Waals surface area contributed by atoms with Gasteiger partial charge in [-0.25, -0.2) is 4.98 Å². The van der Waals surface area contributed by atoms with Gasteiger partial charge in [-0.15, -0.1) is 0 Å². The third-order valence-corrected chi connectivity index (χ3v) is 3.25. The molecule has 0 aliphatic rings. The number of nitrogens with zero attached hydrogens (tertiary/aromatic N) is 1. The van der Waals surface area contributed by atoms with Gasteiger partial charge < -0.3 is 11.1 Å². The van der Waals surface area contributed by atoms with Crippen LogP contribution in [0.15, 0.2) is 12.3 Å². The minimum atomic E-state index is -0.963. The lowest BCUT2D eigenvalue weighted by atomic mass is 10.2. The SMILES string of the molecule is CC(CS(C)=O)NC(=O)c1cc(N)ncc1Cl. The van der Waals surface area contributed by atoms with E-state index >= 15 is 0 Å². The van der Waals surface area contributed by atoms with Gasteiger partial charge in [-0.3, -0.25) is 9.00 Å². The Morgan fingerprint density at radius 3 is 2.94 bits per heavy atom. The molecule has 1 aromatic rings. The molecule has 0 bridgehead atoms. The molecule has 1 amide bonds. The highest BCUT2D eigenvalue weighted by Crippen LogP contribution is 2.16. The van der Waals surface area contributed by atoms with E-state index < -0.39 is 10.8 Å². The van der Waals surface area contributed by atoms with E-state index in [2.05, 4.69) is 10.3 Å². The standard InChI is InChI=1S/C10H14ClN3O2S/c1-6(5-17(2)16)14-10(15)7-3-9(12)13-4-8(7)11/h3-4,6H,5H2,1-2H3,(H2,12,13)(H,14,15). The number of pyridine rings is 1. The lowest BCUT2D eigenvalue weighted by Crippen LogP contribution is -2.36. The van der Waals surface area contributed by atoms with Gasteiger partial charge in [0.25, 0.3) is 5.91 Å². The Bertz CT molecular complexity index is 453. The van der Waals surface area contributed by atoms with Crippen LogP contribution in [0.25, 0.3) is 0 Å². The maximum absolute atomic E-state index is 11.8. The first-order valence-corrected chi connectivity index (χ1v) is 7.02. The maximum atomic E-state index is 11.8. The number of amides is 1. The number of hydrogen-bond acceptors (Lipinski definition) is 4. The van der Waals surface area contributed by atoms with Crippen LogP contribution in [0.4, 0.5) is 5.82 Å². The summed E-state index contributed by atoms with van der Waals surface area (Å²) in [5.41, 5.74) is 5.75. The first-order chi connectivity index (χ1) is 7.90. The number of nitrogen functional groups attached to an aromatic ring is 1. The normalized spacial score (nSPS) is 14.1. The van der Waals surface area contributed by atoms with Crippen LogP contribution in [0.2, 0.25) is 5.02 Å². The van der Waals surface area contributed by atoms with Crippen LogP contribution in [0.5, 0.6) is 0 Å². The predicted octanol–water partition coefficient (Wildman–Crippen LogP) is 0.814. The van der Waals surface area contributed by atoms with Crippen LogP contribution in [-0.2, 0) is 10.8 Å². The fourth-order valence-electron chi connectivity index (χ4n) is 1.32. The summed E-state index contributed by atoms with van der Waals surface area (Å²) in [4.78, 5) is 15.6. The van der Waals surface area contributed by atoms with E-state index in [9.17, 15) is 9.00 Å². The molecule has 0 aliphatic heterocycles. The van der Waals surface area contributed by atoms with E-state index in [4.69, 9.17) is 17.3 Å². The predicted molar refractivity (Wildman–Crippen MR) is 69.5 cm³/mol. The summed E-state index contributed by atoms with van der Waals surface area (Å²) >= 11 is 5.84. The zero-order valence-electron chi connectivity index (χ0n) is 9.57. The lowest BCUT2D eigenvalue weighted by Gasteiger charge is -2.13. The monoisotopic (exact) mass is 275 g/mol. The molecule has 1 aromatic heterocycles. The summed E-state index contributed by atoms with van der Waals surface area (Å²) in [5.74, 6) is 0.275. The number of carbonyl (C=O) groups excluding carboxylic acids is 1. The van der Waals surface area contributed by atoms with Crippen molar-refractivity contribution in [1.29, 1.82) is 0 Å². The van der Waals surface area contributed by atoms with Crippen molar-refractivity contribution in [3.63, 3.8) is 0 Å². The van der Waals surface area contributed by atoms with Crippen molar-refractivity contribution in [2.24, 2.45) is 0 Å². The van der Waals surface area contributed by atoms with Gasteiger partial charge in [0.2, 0.25) is 0 Å². The Balaban J connectivity index is 2.76. The van der Waals surface area contributed by atoms with E-state index in [0.717, 1.165) is 0 Å². The van der Waals surface area contributed by atoms with Gasteiger partial charge in [-0.2, -0.15) is 0 Å². The van der Waals surface area contributed by atoms with Gasteiger partial charge in [0.15, 0.2) is 0 Å². The van der Waals surface area contributed by atoms with E-state index in [1.54, 1.807) is 13.2 Å². The highest BCUT2D eigenvalue weighted by molar-refractivity contribution is 7.84. The van der Waals surface area contributed by atoms with Gasteiger partial charge in [-0.1, -0.05) is 11.6 Å². The van der Waals surface area contributed by atoms with Gasteiger partial charge >= 0.3 is 0 Å². The van der Waals surface area contributed by atoms with E-state index in [-0.39, 0.29) is 28.4 Å². The number of nitrogens with one attached hydrogen (secondary N) is 1. The van der Waals surface area contributed by atoms with Gasteiger partial charge in [-0.05, 0) is 13.0 Å². The van der Waals surface area contributed by atoms with Crippen molar-refractivity contribution < 1.29 is 9.00 Å². The molecule has 0 fully saturated rings. The molecule has 0 aliphatic carbocycles. The average molecular weight is 276 g/mol. The smallest absolute Gasteiger partial charge is 0.253 e. The molecule has 1 rings (SSSR count). The fraction of sp³-hybridized carbons (Fsp3) is 0.400. The topological polar surface area (TPSA) is 85.1 Å². The number of nitrogens with two attached hydrogens (primary N) is 1. The molecule has 1 heterocycles. The molecule has 7 heteroatoms. The minimum Gasteiger partial charge on any atom is -0.384 e. The Morgan fingerprint density at radius 2 is 2.35 bits per heavy atom. The van der Waals surface area contributed by atoms with Crippen molar-refractivity contribution in [2.75, 3.05) is 17.7 Å². The first-order valence-electron chi connectivity index (χ1n) is 4.92. The van der Waals surface area contributed by atoms with Crippen LogP contribution < -0.4 is 11.1 Å². The van der Waals surface area contributed by atoms with Gasteiger partial charge in [0.1, 0.15) is 5.82 Å². The van der Waals surface area contributed by atoms with E-state index in [1.807, 2.05) is 0 Å². The van der Waals surface area contributed by atoms with Crippen molar-refractivity contribution >= 4 is 34.1 Å². The second kappa shape index (κ2) is 5.97. The summed E-state index contributed by atoms with van der Waals surface area (Å²) in [7, 11) is -0.963. The molecule has 17 heavy (non-hydrogen) atoms. The number of anilines is 1. The van der Waals surface area contributed by atoms with Crippen molar-refractivity contribution in [3.8, 4) is 0 Å². The van der Waals surface area contributed by atoms with Gasteiger partial charge in [0, 0.05) is 35.0 Å². The highest BCUT2D eigenvalue weighted by atomic mass is 35.5. The third-order valence-electron chi connectivity index (χ3n) is 1.98. The number of rotatable bonds is 4. The van der Waals surface area contributed by atoms with Crippen molar-refractivity contribution in [3.05, 3.63) is 22.8 Å². The summed E-state index contributed by atoms with van der Waals surface area (Å²) in [6.45, 7) is 1.78. The minimum absolute atomic E-state index is 0.196. The Kier molecular flexibility index (Phi) is 4.89. The lowest BCUT2D eigenvalue weighted by molar-refractivity contribution is 0.0944. The van der Waals surface area contributed by atoms with Crippen molar-refractivity contribution in [1.82, 2.24) is 10.3 Å². The fourth-order valence-corrected chi connectivity index (χ4v) is 2.30. The molecule has 0 spiro atoms. The molecule has 3 N–H and O–H groups in total. The number of hydrogen-bond donors (Lipinski definition) is 2. The Hall–Kier alpha value is -1.14. The summed E-state index contributed by atoms with van der Waals surface area (Å²) in [6.07, 6.45) is 2.91. The Labute approximate surface area is 107 Å². The molecule has 0 radical (unpaired) electrons. The summed E-state index contributed by atoms with van der Waals surface area (Å²) in [6, 6.07) is 1.21. The highest BCUT2D eigenvalue weighted by Gasteiger charge is 2.14. The van der Waals surface area contributed by atoms with Crippen LogP contribution in [0.3, 0.4) is 0 Å². The molecule has 2 atom stereocenters. The average Bonchev–Trinajstić information content (AvgIpc) is 2.20. The largest absolute Gasteiger partial charge is 0.384 e. The molecule has 5 nitrogen and oxygen atoms in total. The summed E-state index contributed by atoms with van der Waals surface area (Å²) < 4.78 is 11.0. The molecule has 2 unspecified atom stereocenters. The first kappa shape index (κ1) is 13.9. The molecular weight excluding hydrogens is 262 g/mol. The third kappa shape index (κ3) is 4.32. The van der Waals surface area contributed by atoms with E-state index in [0.29, 0.717) is 5.75 Å². The molecule has 0 saturated heterocycles. The zero-order valence-corrected chi connectivity index (χ0v) is 11.1. The molecular formula is C10H14ClN3O2S. The quantitative estimate of drug-likeness (QED) is 0.852. The van der Waals surface area contributed by atoms with Gasteiger partial charge in [0.05, 0.1) is 10.6 Å². The zero-order chi connectivity index (χ0) is 13.0. The number of halogens is 1. The second-order valence-electron chi connectivity index (χ2n) is 3.70. The van der Waals surface area contributed by atoms with E-state index in [1.165, 1.54) is 12.3 Å². The van der Waals surface area contributed by atoms with Crippen LogP contribution >= 0.6 is 11.6 Å². The van der Waals surface area contributed by atoms with Crippen LogP contribution in [-0.4, -0.2) is 33.2 Å². The number of aromatic nitrogens is 1. The Morgan fingerprint density at radius 1 is 1.71 bits per heavy atom.